The van der Waals surface area contributed by atoms with E-state index in [0.29, 0.717) is 11.6 Å². The Morgan fingerprint density at radius 1 is 0.613 bits per heavy atom. The Kier molecular flexibility index (Phi) is 5.55. The van der Waals surface area contributed by atoms with Gasteiger partial charge in [0, 0.05) is 15.6 Å². The van der Waals surface area contributed by atoms with Crippen molar-refractivity contribution in [2.24, 2.45) is 0 Å². The highest BCUT2D eigenvalue weighted by molar-refractivity contribution is 9.10. The van der Waals surface area contributed by atoms with Crippen molar-refractivity contribution in [3.05, 3.63) is 107 Å². The van der Waals surface area contributed by atoms with E-state index >= 15 is 0 Å². The Balaban J connectivity index is 1.64. The molecule has 3 aromatic carbocycles. The van der Waals surface area contributed by atoms with Gasteiger partial charge in [-0.15, -0.1) is 0 Å². The molecular weight excluding hydrogens is 446 g/mol. The van der Waals surface area contributed by atoms with E-state index < -0.39 is 0 Å². The maximum absolute atomic E-state index is 4.87. The lowest BCUT2D eigenvalue weighted by molar-refractivity contribution is 0.978. The van der Waals surface area contributed by atoms with E-state index in [4.69, 9.17) is 15.0 Å². The Morgan fingerprint density at radius 3 is 2.03 bits per heavy atom. The third-order valence-electron chi connectivity index (χ3n) is 5.27. The van der Waals surface area contributed by atoms with Crippen LogP contribution in [-0.2, 0) is 0 Å². The average Bonchev–Trinajstić information content (AvgIpc) is 2.85. The second kappa shape index (κ2) is 8.78. The van der Waals surface area contributed by atoms with Crippen LogP contribution in [0.4, 0.5) is 0 Å². The highest BCUT2D eigenvalue weighted by Gasteiger charge is 2.14. The van der Waals surface area contributed by atoms with Crippen molar-refractivity contribution in [2.75, 3.05) is 0 Å². The van der Waals surface area contributed by atoms with Crippen LogP contribution in [0.2, 0.25) is 0 Å². The number of benzene rings is 3. The summed E-state index contributed by atoms with van der Waals surface area (Å²) in [6.45, 7) is 0. The van der Waals surface area contributed by atoms with Gasteiger partial charge in [-0.2, -0.15) is 0 Å². The molecule has 0 spiro atoms. The zero-order valence-corrected chi connectivity index (χ0v) is 18.5. The zero-order chi connectivity index (χ0) is 21.0. The van der Waals surface area contributed by atoms with Gasteiger partial charge in [0.1, 0.15) is 0 Å². The first-order chi connectivity index (χ1) is 15.3. The number of hydrogen-bond acceptors (Lipinski definition) is 3. The number of rotatable bonds is 4. The van der Waals surface area contributed by atoms with E-state index in [2.05, 4.69) is 82.7 Å². The molecule has 1 aliphatic rings. The normalized spacial score (nSPS) is 13.1. The van der Waals surface area contributed by atoms with Crippen molar-refractivity contribution in [3.8, 4) is 33.9 Å². The monoisotopic (exact) mass is 465 g/mol. The molecule has 0 saturated carbocycles. The molecule has 31 heavy (non-hydrogen) atoms. The fraction of sp³-hybridized carbons (Fsp3) is 0.0741. The second-order valence-electron chi connectivity index (χ2n) is 7.42. The number of halogens is 1. The maximum atomic E-state index is 4.87. The zero-order valence-electron chi connectivity index (χ0n) is 16.9. The molecule has 0 aliphatic heterocycles. The lowest BCUT2D eigenvalue weighted by Crippen LogP contribution is -2.03. The van der Waals surface area contributed by atoms with Crippen molar-refractivity contribution in [2.45, 2.75) is 12.8 Å². The second-order valence-corrected chi connectivity index (χ2v) is 8.33. The summed E-state index contributed by atoms with van der Waals surface area (Å²) in [6, 6.07) is 26.8. The van der Waals surface area contributed by atoms with Gasteiger partial charge in [0.15, 0.2) is 17.5 Å². The van der Waals surface area contributed by atoms with Crippen molar-refractivity contribution in [3.63, 3.8) is 0 Å². The lowest BCUT2D eigenvalue weighted by atomic mass is 10.0. The van der Waals surface area contributed by atoms with E-state index in [1.54, 1.807) is 0 Å². The summed E-state index contributed by atoms with van der Waals surface area (Å²) < 4.78 is 1.03. The maximum Gasteiger partial charge on any atom is 0.164 e. The fourth-order valence-corrected chi connectivity index (χ4v) is 3.90. The van der Waals surface area contributed by atoms with E-state index in [9.17, 15) is 0 Å². The van der Waals surface area contributed by atoms with Crippen molar-refractivity contribution in [1.82, 2.24) is 15.0 Å². The summed E-state index contributed by atoms with van der Waals surface area (Å²) in [4.78, 5) is 14.5. The summed E-state index contributed by atoms with van der Waals surface area (Å²) in [5.74, 6) is 2.13. The first-order valence-corrected chi connectivity index (χ1v) is 11.1. The molecule has 0 radical (unpaired) electrons. The molecular formula is C27H20BrN3. The molecule has 0 fully saturated rings. The van der Waals surface area contributed by atoms with Crippen LogP contribution in [0.5, 0.6) is 0 Å². The highest BCUT2D eigenvalue weighted by atomic mass is 79.9. The molecule has 0 saturated heterocycles. The standard InChI is InChI=1S/C27H20BrN3/c28-24-16-14-21(15-17-24)26-29-25(20-10-5-2-6-11-20)30-27(31-26)23-13-7-12-22(18-23)19-8-3-1-4-9-19/h1-5,7-10,12-18H,6,11H2. The summed E-state index contributed by atoms with van der Waals surface area (Å²) in [5, 5.41) is 0. The molecule has 3 nitrogen and oxygen atoms in total. The van der Waals surface area contributed by atoms with Crippen molar-refractivity contribution < 1.29 is 0 Å². The summed E-state index contributed by atoms with van der Waals surface area (Å²) in [5.41, 5.74) is 5.41. The Morgan fingerprint density at radius 2 is 1.29 bits per heavy atom. The van der Waals surface area contributed by atoms with Gasteiger partial charge in [-0.3, -0.25) is 0 Å². The van der Waals surface area contributed by atoms with Gasteiger partial charge in [0.2, 0.25) is 0 Å². The van der Waals surface area contributed by atoms with Crippen molar-refractivity contribution >= 4 is 21.5 Å². The minimum Gasteiger partial charge on any atom is -0.209 e. The third-order valence-corrected chi connectivity index (χ3v) is 5.80. The topological polar surface area (TPSA) is 38.7 Å². The van der Waals surface area contributed by atoms with Crippen LogP contribution in [0.25, 0.3) is 39.5 Å². The van der Waals surface area contributed by atoms with Crippen LogP contribution >= 0.6 is 15.9 Å². The summed E-state index contributed by atoms with van der Waals surface area (Å²) in [7, 11) is 0. The molecule has 1 heterocycles. The van der Waals surface area contributed by atoms with Crippen LogP contribution < -0.4 is 0 Å². The van der Waals surface area contributed by atoms with E-state index in [0.717, 1.165) is 45.4 Å². The molecule has 0 N–H and O–H groups in total. The minimum absolute atomic E-state index is 0.688. The van der Waals surface area contributed by atoms with E-state index in [1.165, 1.54) is 5.56 Å². The van der Waals surface area contributed by atoms with Crippen LogP contribution in [0.1, 0.15) is 18.7 Å². The molecule has 5 rings (SSSR count). The first-order valence-electron chi connectivity index (χ1n) is 10.3. The van der Waals surface area contributed by atoms with Crippen LogP contribution in [-0.4, -0.2) is 15.0 Å². The van der Waals surface area contributed by atoms with Crippen LogP contribution in [0, 0.1) is 0 Å². The Hall–Kier alpha value is -3.37. The van der Waals surface area contributed by atoms with Gasteiger partial charge in [-0.25, -0.2) is 15.0 Å². The van der Waals surface area contributed by atoms with Gasteiger partial charge in [0.25, 0.3) is 0 Å². The first kappa shape index (κ1) is 19.6. The van der Waals surface area contributed by atoms with E-state index in [-0.39, 0.29) is 0 Å². The molecule has 4 aromatic rings. The van der Waals surface area contributed by atoms with Gasteiger partial charge in [-0.05, 0) is 47.7 Å². The smallest absolute Gasteiger partial charge is 0.164 e. The molecule has 0 bridgehead atoms. The summed E-state index contributed by atoms with van der Waals surface area (Å²) >= 11 is 3.51. The minimum atomic E-state index is 0.688. The predicted octanol–water partition coefficient (Wildman–Crippen LogP) is 7.37. The predicted molar refractivity (Wildman–Crippen MR) is 130 cm³/mol. The molecule has 1 aromatic heterocycles. The Labute approximate surface area is 190 Å². The molecule has 150 valence electrons. The van der Waals surface area contributed by atoms with Gasteiger partial charge in [-0.1, -0.05) is 94.8 Å². The van der Waals surface area contributed by atoms with E-state index in [1.807, 2.05) is 30.3 Å². The molecule has 0 unspecified atom stereocenters. The largest absolute Gasteiger partial charge is 0.209 e. The van der Waals surface area contributed by atoms with Gasteiger partial charge < -0.3 is 0 Å². The number of allylic oxidation sites excluding steroid dienone is 4. The fourth-order valence-electron chi connectivity index (χ4n) is 3.63. The number of aromatic nitrogens is 3. The van der Waals surface area contributed by atoms with Crippen LogP contribution in [0.15, 0.2) is 102 Å². The highest BCUT2D eigenvalue weighted by Crippen LogP contribution is 2.29. The Bertz CT molecular complexity index is 1280. The number of hydrogen-bond donors (Lipinski definition) is 0. The quantitative estimate of drug-likeness (QED) is 0.315. The third kappa shape index (κ3) is 4.39. The molecule has 0 atom stereocenters. The van der Waals surface area contributed by atoms with Crippen molar-refractivity contribution in [1.29, 1.82) is 0 Å². The average molecular weight is 466 g/mol. The molecule has 1 aliphatic carbocycles. The lowest BCUT2D eigenvalue weighted by Gasteiger charge is -2.12. The molecule has 0 amide bonds. The van der Waals surface area contributed by atoms with Gasteiger partial charge in [0.05, 0.1) is 0 Å². The summed E-state index contributed by atoms with van der Waals surface area (Å²) in [6.07, 6.45) is 8.30. The van der Waals surface area contributed by atoms with Crippen LogP contribution in [0.3, 0.4) is 0 Å². The SMILES string of the molecule is Brc1ccc(-c2nc(C3=CC=CCC3)nc(-c3cccc(-c4ccccc4)c3)n2)cc1. The molecule has 4 heteroatoms. The van der Waals surface area contributed by atoms with Gasteiger partial charge >= 0.3 is 0 Å². The number of nitrogens with zero attached hydrogens (tertiary/aromatic N) is 3.